The first-order valence-corrected chi connectivity index (χ1v) is 17.8. The fourth-order valence-corrected chi connectivity index (χ4v) is 8.37. The number of benzene rings is 3. The van der Waals surface area contributed by atoms with Crippen LogP contribution < -0.4 is 15.2 Å². The average molecular weight is 688 g/mol. The van der Waals surface area contributed by atoms with E-state index in [1.165, 1.54) is 23.1 Å². The van der Waals surface area contributed by atoms with Crippen LogP contribution in [0.25, 0.3) is 10.9 Å². The minimum Gasteiger partial charge on any atom is -0.497 e. The van der Waals surface area contributed by atoms with Gasteiger partial charge in [-0.15, -0.1) is 0 Å². The van der Waals surface area contributed by atoms with Crippen molar-refractivity contribution in [3.63, 3.8) is 0 Å². The Morgan fingerprint density at radius 1 is 1.00 bits per heavy atom. The lowest BCUT2D eigenvalue weighted by Crippen LogP contribution is -2.42. The molecule has 1 aliphatic heterocycles. The lowest BCUT2D eigenvalue weighted by atomic mass is 9.81. The second-order valence-corrected chi connectivity index (χ2v) is 14.7. The number of hydrogen-bond donors (Lipinski definition) is 2. The molecule has 3 aromatic carbocycles. The van der Waals surface area contributed by atoms with Crippen LogP contribution in [0.1, 0.15) is 41.6 Å². The third-order valence-electron chi connectivity index (χ3n) is 9.44. The molecule has 1 saturated heterocycles. The molecule has 49 heavy (non-hydrogen) atoms. The Morgan fingerprint density at radius 3 is 2.43 bits per heavy atom. The third-order valence-corrected chi connectivity index (χ3v) is 11.2. The fourth-order valence-electron chi connectivity index (χ4n) is 6.84. The van der Waals surface area contributed by atoms with Crippen LogP contribution in [0.5, 0.6) is 17.2 Å². The van der Waals surface area contributed by atoms with Crippen molar-refractivity contribution in [1.82, 2.24) is 19.1 Å². The topological polar surface area (TPSA) is 155 Å². The zero-order valence-corrected chi connectivity index (χ0v) is 28.6. The summed E-state index contributed by atoms with van der Waals surface area (Å²) in [5, 5.41) is 0.829. The van der Waals surface area contributed by atoms with E-state index < -0.39 is 33.9 Å². The average Bonchev–Trinajstić information content (AvgIpc) is 3.62. The van der Waals surface area contributed by atoms with E-state index in [9.17, 15) is 22.8 Å². The SMILES string of the molecule is COc1ccc(Oc2ccc(S(=O)(=O)N3C(=O)N(CC4CCCC(CN)C4)C(=O)C3Cc3c[nH]c4ccccc34)cc2C(=O)N(C)C)cc1. The molecule has 4 aromatic rings. The molecule has 12 nitrogen and oxygen atoms in total. The van der Waals surface area contributed by atoms with Crippen molar-refractivity contribution in [2.75, 3.05) is 34.3 Å². The Bertz CT molecular complexity index is 1970. The minimum absolute atomic E-state index is 0.0188. The van der Waals surface area contributed by atoms with E-state index in [2.05, 4.69) is 4.98 Å². The van der Waals surface area contributed by atoms with Gasteiger partial charge in [0.05, 0.1) is 17.6 Å². The summed E-state index contributed by atoms with van der Waals surface area (Å²) >= 11 is 0. The van der Waals surface area contributed by atoms with Gasteiger partial charge in [0, 0.05) is 44.2 Å². The monoisotopic (exact) mass is 687 g/mol. The molecular formula is C36H41N5O7S. The van der Waals surface area contributed by atoms with Crippen molar-refractivity contribution in [2.45, 2.75) is 43.0 Å². The summed E-state index contributed by atoms with van der Waals surface area (Å²) < 4.78 is 41.0. The van der Waals surface area contributed by atoms with Crippen LogP contribution >= 0.6 is 0 Å². The van der Waals surface area contributed by atoms with Gasteiger partial charge in [0.15, 0.2) is 0 Å². The number of nitrogens with zero attached hydrogens (tertiary/aromatic N) is 3. The number of amides is 4. The predicted molar refractivity (Wildman–Crippen MR) is 184 cm³/mol. The molecule has 6 rings (SSSR count). The number of urea groups is 1. The zero-order valence-electron chi connectivity index (χ0n) is 27.8. The van der Waals surface area contributed by atoms with Crippen LogP contribution in [-0.4, -0.2) is 85.7 Å². The lowest BCUT2D eigenvalue weighted by Gasteiger charge is -2.30. The van der Waals surface area contributed by atoms with E-state index in [-0.39, 0.29) is 35.1 Å². The number of carbonyl (C=O) groups excluding carboxylic acids is 3. The van der Waals surface area contributed by atoms with Crippen molar-refractivity contribution in [1.29, 1.82) is 0 Å². The summed E-state index contributed by atoms with van der Waals surface area (Å²) in [6, 6.07) is 15.9. The molecule has 1 saturated carbocycles. The number of H-pyrrole nitrogens is 1. The maximum Gasteiger partial charge on any atom is 0.341 e. The van der Waals surface area contributed by atoms with Gasteiger partial charge in [0.2, 0.25) is 0 Å². The Morgan fingerprint density at radius 2 is 1.71 bits per heavy atom. The number of hydrogen-bond acceptors (Lipinski definition) is 8. The highest BCUT2D eigenvalue weighted by Gasteiger charge is 2.52. The quantitative estimate of drug-likeness (QED) is 0.209. The predicted octanol–water partition coefficient (Wildman–Crippen LogP) is 5.00. The van der Waals surface area contributed by atoms with Crippen molar-refractivity contribution >= 4 is 38.8 Å². The van der Waals surface area contributed by atoms with Gasteiger partial charge >= 0.3 is 6.03 Å². The normalized spacial score (nSPS) is 19.8. The molecule has 1 aliphatic carbocycles. The largest absolute Gasteiger partial charge is 0.497 e. The molecule has 2 aliphatic rings. The number of fused-ring (bicyclic) bond motifs is 1. The lowest BCUT2D eigenvalue weighted by molar-refractivity contribution is -0.128. The van der Waals surface area contributed by atoms with Gasteiger partial charge in [0.25, 0.3) is 21.8 Å². The molecule has 0 bridgehead atoms. The number of sulfonamides is 1. The molecule has 13 heteroatoms. The summed E-state index contributed by atoms with van der Waals surface area (Å²) in [5.41, 5.74) is 7.46. The van der Waals surface area contributed by atoms with Crippen molar-refractivity contribution in [3.8, 4) is 17.2 Å². The van der Waals surface area contributed by atoms with Gasteiger partial charge in [-0.3, -0.25) is 14.5 Å². The highest BCUT2D eigenvalue weighted by Crippen LogP contribution is 2.36. The van der Waals surface area contributed by atoms with Crippen LogP contribution in [-0.2, 0) is 21.2 Å². The maximum atomic E-state index is 14.5. The van der Waals surface area contributed by atoms with Gasteiger partial charge in [-0.25, -0.2) is 17.5 Å². The van der Waals surface area contributed by atoms with E-state index in [1.54, 1.807) is 51.7 Å². The highest BCUT2D eigenvalue weighted by molar-refractivity contribution is 7.89. The number of aromatic amines is 1. The number of aromatic nitrogens is 1. The minimum atomic E-state index is -4.65. The van der Waals surface area contributed by atoms with E-state index in [0.29, 0.717) is 33.8 Å². The molecule has 0 radical (unpaired) electrons. The van der Waals surface area contributed by atoms with E-state index in [1.807, 2.05) is 24.3 Å². The molecule has 3 atom stereocenters. The van der Waals surface area contributed by atoms with Crippen LogP contribution in [0, 0.1) is 11.8 Å². The number of nitrogens with one attached hydrogen (secondary N) is 1. The van der Waals surface area contributed by atoms with Crippen molar-refractivity contribution < 1.29 is 32.3 Å². The van der Waals surface area contributed by atoms with Gasteiger partial charge in [-0.05, 0) is 91.7 Å². The van der Waals surface area contributed by atoms with Gasteiger partial charge < -0.3 is 25.1 Å². The summed E-state index contributed by atoms with van der Waals surface area (Å²) in [6.07, 6.45) is 5.21. The van der Waals surface area contributed by atoms with E-state index in [0.717, 1.165) is 41.5 Å². The van der Waals surface area contributed by atoms with Crippen molar-refractivity contribution in [2.24, 2.45) is 17.6 Å². The molecule has 2 heterocycles. The van der Waals surface area contributed by atoms with Gasteiger partial charge in [-0.2, -0.15) is 0 Å². The van der Waals surface area contributed by atoms with Gasteiger partial charge in [0.1, 0.15) is 23.3 Å². The summed E-state index contributed by atoms with van der Waals surface area (Å²) in [6.45, 7) is 0.637. The molecule has 3 N–H and O–H groups in total. The van der Waals surface area contributed by atoms with Crippen LogP contribution in [0.15, 0.2) is 77.8 Å². The first-order chi connectivity index (χ1) is 23.5. The maximum absolute atomic E-state index is 14.5. The molecule has 1 aromatic heterocycles. The highest BCUT2D eigenvalue weighted by atomic mass is 32.2. The van der Waals surface area contributed by atoms with Crippen LogP contribution in [0.4, 0.5) is 4.79 Å². The first kappa shape index (κ1) is 34.0. The standard InChI is InChI=1S/C36H41N5O7S/c1-39(2)34(42)30-19-28(15-16-33(30)48-27-13-11-26(47-3)12-14-27)49(45,46)41-32(18-25-21-38-31-10-5-4-9-29(25)31)35(43)40(36(41)44)22-24-8-6-7-23(17-24)20-37/h4-5,9-16,19,21,23-24,32,38H,6-8,17-18,20,22,37H2,1-3H3. The zero-order chi connectivity index (χ0) is 34.9. The van der Waals surface area contributed by atoms with Crippen molar-refractivity contribution in [3.05, 3.63) is 84.1 Å². The Balaban J connectivity index is 1.38. The molecule has 3 unspecified atom stereocenters. The summed E-state index contributed by atoms with van der Waals surface area (Å²) in [7, 11) is -0.0258. The second-order valence-electron chi connectivity index (χ2n) is 12.9. The van der Waals surface area contributed by atoms with E-state index >= 15 is 0 Å². The molecule has 4 amide bonds. The number of methoxy groups -OCH3 is 1. The summed E-state index contributed by atoms with van der Waals surface area (Å²) in [5.74, 6) is 0.368. The summed E-state index contributed by atoms with van der Waals surface area (Å²) in [4.78, 5) is 46.9. The number of nitrogens with two attached hydrogens (primary N) is 1. The number of imide groups is 1. The van der Waals surface area contributed by atoms with Crippen LogP contribution in [0.2, 0.25) is 0 Å². The second kappa shape index (κ2) is 13.9. The molecule has 2 fully saturated rings. The molecular weight excluding hydrogens is 646 g/mol. The number of rotatable bonds is 11. The Labute approximate surface area is 285 Å². The third kappa shape index (κ3) is 6.73. The van der Waals surface area contributed by atoms with E-state index in [4.69, 9.17) is 15.2 Å². The Hall–Kier alpha value is -4.88. The number of ether oxygens (including phenoxy) is 2. The number of para-hydroxylation sites is 1. The number of carbonyl (C=O) groups is 3. The Kier molecular flexibility index (Phi) is 9.66. The first-order valence-electron chi connectivity index (χ1n) is 16.3. The smallest absolute Gasteiger partial charge is 0.341 e. The molecule has 258 valence electrons. The fraction of sp³-hybridized carbons (Fsp3) is 0.361. The van der Waals surface area contributed by atoms with Gasteiger partial charge in [-0.1, -0.05) is 24.6 Å². The van der Waals surface area contributed by atoms with Crippen LogP contribution in [0.3, 0.4) is 0 Å². The molecule has 0 spiro atoms.